The molecule has 0 amide bonds. The average molecular weight is 349 g/mol. The topological polar surface area (TPSA) is 52.1 Å². The van der Waals surface area contributed by atoms with Crippen molar-refractivity contribution in [2.75, 3.05) is 7.11 Å². The molecule has 3 rings (SSSR count). The summed E-state index contributed by atoms with van der Waals surface area (Å²) in [5, 5.41) is 0.810. The maximum atomic E-state index is 13.5. The van der Waals surface area contributed by atoms with Crippen LogP contribution in [0.15, 0.2) is 42.6 Å². The molecule has 0 aliphatic rings. The highest BCUT2D eigenvalue weighted by atomic mass is 35.5. The number of fused-ring (bicyclic) bond motifs is 1. The number of halogens is 3. The first kappa shape index (κ1) is 16.3. The summed E-state index contributed by atoms with van der Waals surface area (Å²) in [6.45, 7) is 0. The molecular weight excluding hydrogens is 338 g/mol. The molecule has 2 heterocycles. The van der Waals surface area contributed by atoms with E-state index in [9.17, 15) is 13.6 Å². The Bertz CT molecular complexity index is 914. The fraction of sp³-hybridized carbons (Fsp3) is 0.118. The SMILES string of the molecule is COC(=O)c1ccc(-c2nc3cccc(Cl)c3cc2C(F)F)cn1. The number of benzene rings is 1. The van der Waals surface area contributed by atoms with Crippen LogP contribution in [-0.4, -0.2) is 23.0 Å². The summed E-state index contributed by atoms with van der Waals surface area (Å²) < 4.78 is 31.5. The quantitative estimate of drug-likeness (QED) is 0.645. The molecule has 0 aliphatic carbocycles. The Hall–Kier alpha value is -2.60. The molecule has 2 aromatic heterocycles. The Kier molecular flexibility index (Phi) is 4.40. The number of alkyl halides is 2. The molecule has 0 saturated heterocycles. The molecule has 0 spiro atoms. The number of hydrogen-bond acceptors (Lipinski definition) is 4. The minimum absolute atomic E-state index is 0.0867. The van der Waals surface area contributed by atoms with Gasteiger partial charge in [0, 0.05) is 27.7 Å². The van der Waals surface area contributed by atoms with Crippen LogP contribution in [0.3, 0.4) is 0 Å². The Morgan fingerprint density at radius 3 is 2.67 bits per heavy atom. The first-order chi connectivity index (χ1) is 11.5. The highest BCUT2D eigenvalue weighted by molar-refractivity contribution is 6.35. The van der Waals surface area contributed by atoms with E-state index in [2.05, 4.69) is 14.7 Å². The van der Waals surface area contributed by atoms with Gasteiger partial charge in [-0.3, -0.25) is 0 Å². The third-order valence-electron chi connectivity index (χ3n) is 3.50. The lowest BCUT2D eigenvalue weighted by atomic mass is 10.0. The maximum absolute atomic E-state index is 13.5. The Balaban J connectivity index is 2.17. The number of carbonyl (C=O) groups is 1. The van der Waals surface area contributed by atoms with Crippen molar-refractivity contribution in [2.45, 2.75) is 6.43 Å². The zero-order chi connectivity index (χ0) is 17.3. The van der Waals surface area contributed by atoms with Gasteiger partial charge in [-0.15, -0.1) is 0 Å². The lowest BCUT2D eigenvalue weighted by Gasteiger charge is -2.11. The molecule has 0 aliphatic heterocycles. The highest BCUT2D eigenvalue weighted by Crippen LogP contribution is 2.34. The first-order valence-electron chi connectivity index (χ1n) is 6.93. The van der Waals surface area contributed by atoms with E-state index >= 15 is 0 Å². The summed E-state index contributed by atoms with van der Waals surface area (Å²) in [5.74, 6) is -0.603. The highest BCUT2D eigenvalue weighted by Gasteiger charge is 2.19. The largest absolute Gasteiger partial charge is 0.464 e. The van der Waals surface area contributed by atoms with Crippen molar-refractivity contribution in [3.05, 3.63) is 58.9 Å². The molecule has 1 aromatic carbocycles. The van der Waals surface area contributed by atoms with Crippen LogP contribution in [0.1, 0.15) is 22.5 Å². The van der Waals surface area contributed by atoms with Crippen LogP contribution in [-0.2, 0) is 4.74 Å². The number of nitrogens with zero attached hydrogens (tertiary/aromatic N) is 2. The van der Waals surface area contributed by atoms with Gasteiger partial charge in [0.05, 0.1) is 18.3 Å². The number of ether oxygens (including phenoxy) is 1. The molecule has 0 fully saturated rings. The molecule has 0 radical (unpaired) electrons. The van der Waals surface area contributed by atoms with E-state index in [-0.39, 0.29) is 17.0 Å². The van der Waals surface area contributed by atoms with Gasteiger partial charge in [-0.05, 0) is 30.3 Å². The van der Waals surface area contributed by atoms with E-state index in [1.165, 1.54) is 31.5 Å². The predicted octanol–water partition coefficient (Wildman–Crippen LogP) is 4.67. The van der Waals surface area contributed by atoms with E-state index in [1.807, 2.05) is 0 Å². The molecule has 0 N–H and O–H groups in total. The van der Waals surface area contributed by atoms with Crippen molar-refractivity contribution in [1.82, 2.24) is 9.97 Å². The van der Waals surface area contributed by atoms with E-state index in [0.717, 1.165) is 0 Å². The third kappa shape index (κ3) is 2.92. The number of pyridine rings is 2. The van der Waals surface area contributed by atoms with Gasteiger partial charge in [0.2, 0.25) is 0 Å². The van der Waals surface area contributed by atoms with Crippen LogP contribution >= 0.6 is 11.6 Å². The average Bonchev–Trinajstić information content (AvgIpc) is 2.60. The van der Waals surface area contributed by atoms with E-state index in [1.54, 1.807) is 18.2 Å². The zero-order valence-corrected chi connectivity index (χ0v) is 13.2. The lowest BCUT2D eigenvalue weighted by Crippen LogP contribution is -2.04. The standard InChI is InChI=1S/C17H11ClF2N2O2/c1-24-17(23)14-6-5-9(8-21-14)15-11(16(19)20)7-10-12(18)3-2-4-13(10)22-15/h2-8,16H,1H3. The van der Waals surface area contributed by atoms with Crippen molar-refractivity contribution < 1.29 is 18.3 Å². The molecule has 0 atom stereocenters. The molecule has 24 heavy (non-hydrogen) atoms. The van der Waals surface area contributed by atoms with Gasteiger partial charge in [0.25, 0.3) is 6.43 Å². The van der Waals surface area contributed by atoms with Gasteiger partial charge >= 0.3 is 5.97 Å². The van der Waals surface area contributed by atoms with Crippen molar-refractivity contribution >= 4 is 28.5 Å². The predicted molar refractivity (Wildman–Crippen MR) is 86.3 cm³/mol. The molecule has 122 valence electrons. The van der Waals surface area contributed by atoms with E-state index < -0.39 is 12.4 Å². The monoisotopic (exact) mass is 348 g/mol. The van der Waals surface area contributed by atoms with Crippen molar-refractivity contribution in [3.63, 3.8) is 0 Å². The Morgan fingerprint density at radius 2 is 2.04 bits per heavy atom. The third-order valence-corrected chi connectivity index (χ3v) is 3.83. The minimum Gasteiger partial charge on any atom is -0.464 e. The van der Waals surface area contributed by atoms with Crippen LogP contribution in [0, 0.1) is 0 Å². The van der Waals surface area contributed by atoms with Crippen molar-refractivity contribution in [2.24, 2.45) is 0 Å². The summed E-state index contributed by atoms with van der Waals surface area (Å²) in [6, 6.07) is 9.24. The molecule has 0 unspecified atom stereocenters. The molecule has 0 bridgehead atoms. The van der Waals surface area contributed by atoms with Gasteiger partial charge in [-0.25, -0.2) is 23.5 Å². The van der Waals surface area contributed by atoms with Gasteiger partial charge < -0.3 is 4.74 Å². The van der Waals surface area contributed by atoms with Gasteiger partial charge in [0.1, 0.15) is 5.69 Å². The normalized spacial score (nSPS) is 11.0. The lowest BCUT2D eigenvalue weighted by molar-refractivity contribution is 0.0594. The van der Waals surface area contributed by atoms with Gasteiger partial charge in [-0.1, -0.05) is 17.7 Å². The Morgan fingerprint density at radius 1 is 1.25 bits per heavy atom. The summed E-state index contributed by atoms with van der Waals surface area (Å²) >= 11 is 6.06. The molecule has 0 saturated carbocycles. The molecule has 3 aromatic rings. The second-order valence-corrected chi connectivity index (χ2v) is 5.36. The van der Waals surface area contributed by atoms with Crippen LogP contribution in [0.5, 0.6) is 0 Å². The summed E-state index contributed by atoms with van der Waals surface area (Å²) in [6.07, 6.45) is -1.41. The zero-order valence-electron chi connectivity index (χ0n) is 12.5. The number of rotatable bonds is 3. The second kappa shape index (κ2) is 6.49. The van der Waals surface area contributed by atoms with Crippen LogP contribution in [0.4, 0.5) is 8.78 Å². The summed E-state index contributed by atoms with van der Waals surface area (Å²) in [7, 11) is 1.24. The Labute approximate surface area is 141 Å². The second-order valence-electron chi connectivity index (χ2n) is 4.96. The fourth-order valence-corrected chi connectivity index (χ4v) is 2.56. The summed E-state index contributed by atoms with van der Waals surface area (Å²) in [4.78, 5) is 19.7. The fourth-order valence-electron chi connectivity index (χ4n) is 2.33. The van der Waals surface area contributed by atoms with Crippen molar-refractivity contribution in [3.8, 4) is 11.3 Å². The molecular formula is C17H11ClF2N2O2. The van der Waals surface area contributed by atoms with E-state index in [0.29, 0.717) is 21.5 Å². The number of hydrogen-bond donors (Lipinski definition) is 0. The summed E-state index contributed by atoms with van der Waals surface area (Å²) in [5.41, 5.74) is 0.814. The maximum Gasteiger partial charge on any atom is 0.356 e. The number of methoxy groups -OCH3 is 1. The molecule has 4 nitrogen and oxygen atoms in total. The minimum atomic E-state index is -2.73. The number of aromatic nitrogens is 2. The number of carbonyl (C=O) groups excluding carboxylic acids is 1. The smallest absolute Gasteiger partial charge is 0.356 e. The molecule has 7 heteroatoms. The van der Waals surface area contributed by atoms with Crippen LogP contribution in [0.2, 0.25) is 5.02 Å². The number of esters is 1. The van der Waals surface area contributed by atoms with Gasteiger partial charge in [-0.2, -0.15) is 0 Å². The van der Waals surface area contributed by atoms with Crippen molar-refractivity contribution in [1.29, 1.82) is 0 Å². The van der Waals surface area contributed by atoms with Crippen LogP contribution in [0.25, 0.3) is 22.2 Å². The van der Waals surface area contributed by atoms with Crippen LogP contribution < -0.4 is 0 Å². The van der Waals surface area contributed by atoms with Gasteiger partial charge in [0.15, 0.2) is 0 Å². The first-order valence-corrected chi connectivity index (χ1v) is 7.31. The van der Waals surface area contributed by atoms with E-state index in [4.69, 9.17) is 11.6 Å².